The molecule has 166 valence electrons. The number of nitrogens with one attached hydrogen (secondary N) is 2. The molecule has 1 aromatic carbocycles. The highest BCUT2D eigenvalue weighted by Crippen LogP contribution is 2.35. The van der Waals surface area contributed by atoms with Crippen LogP contribution in [0.3, 0.4) is 0 Å². The van der Waals surface area contributed by atoms with E-state index in [9.17, 15) is 4.79 Å². The van der Waals surface area contributed by atoms with Gasteiger partial charge in [-0.1, -0.05) is 18.2 Å². The second-order valence-electron chi connectivity index (χ2n) is 8.53. The third-order valence-electron chi connectivity index (χ3n) is 6.35. The number of carbonyl (C=O) groups is 1. The monoisotopic (exact) mass is 448 g/mol. The lowest BCUT2D eigenvalue weighted by Gasteiger charge is -2.42. The molecule has 32 heavy (non-hydrogen) atoms. The van der Waals surface area contributed by atoms with Gasteiger partial charge in [0.15, 0.2) is 5.82 Å². The van der Waals surface area contributed by atoms with Crippen LogP contribution < -0.4 is 5.32 Å². The van der Waals surface area contributed by atoms with Crippen molar-refractivity contribution in [1.29, 1.82) is 0 Å². The number of hydrogen-bond acceptors (Lipinski definition) is 5. The molecular formula is C24H28N6OS. The van der Waals surface area contributed by atoms with Crippen LogP contribution in [0.1, 0.15) is 48.9 Å². The van der Waals surface area contributed by atoms with E-state index >= 15 is 0 Å². The summed E-state index contributed by atoms with van der Waals surface area (Å²) in [5.74, 6) is 0.354. The molecule has 3 heterocycles. The maximum Gasteiger partial charge on any atom is 0.289 e. The number of carbonyl (C=O) groups excluding carboxylic acids is 1. The fourth-order valence-corrected chi connectivity index (χ4v) is 5.18. The zero-order chi connectivity index (χ0) is 22.1. The van der Waals surface area contributed by atoms with Gasteiger partial charge in [-0.3, -0.25) is 10.1 Å². The first-order valence-electron chi connectivity index (χ1n) is 11.2. The second kappa shape index (κ2) is 8.60. The molecule has 0 spiro atoms. The normalized spacial score (nSPS) is 21.2. The SMILES string of the molecule is CCN(C(=O)c1nc2ccccc2[nH]1)[C@H]1CCC[C@@](S)(NCc2cn3ccccc3n2)C1. The highest BCUT2D eigenvalue weighted by atomic mass is 32.1. The average molecular weight is 449 g/mol. The summed E-state index contributed by atoms with van der Waals surface area (Å²) < 4.78 is 2.02. The third kappa shape index (κ3) is 4.12. The summed E-state index contributed by atoms with van der Waals surface area (Å²) in [4.78, 5) is 27.3. The minimum absolute atomic E-state index is 0.0494. The minimum Gasteiger partial charge on any atom is -0.334 e. The molecule has 1 aliphatic rings. The van der Waals surface area contributed by atoms with Gasteiger partial charge in [0.25, 0.3) is 5.91 Å². The Bertz CT molecular complexity index is 1180. The molecule has 0 saturated heterocycles. The molecule has 0 unspecified atom stereocenters. The Hall–Kier alpha value is -2.84. The predicted molar refractivity (Wildman–Crippen MR) is 129 cm³/mol. The van der Waals surface area contributed by atoms with Crippen molar-refractivity contribution in [3.8, 4) is 0 Å². The number of para-hydroxylation sites is 2. The molecule has 2 atom stereocenters. The van der Waals surface area contributed by atoms with Gasteiger partial charge in [0.2, 0.25) is 0 Å². The standard InChI is InChI=1S/C24H28N6OS/c1-2-30(23(31)22-27-19-9-3-4-10-20(19)28-22)18-8-7-12-24(32,14-18)25-15-17-16-29-13-6-5-11-21(29)26-17/h3-6,9-11,13,16,18,25,32H,2,7-8,12,14-15H2,1H3,(H,27,28)/t18-,24-/m0/s1. The van der Waals surface area contributed by atoms with E-state index in [1.54, 1.807) is 0 Å². The Kier molecular flexibility index (Phi) is 5.65. The number of thiol groups is 1. The fraction of sp³-hybridized carbons (Fsp3) is 0.375. The molecule has 1 aliphatic carbocycles. The van der Waals surface area contributed by atoms with Gasteiger partial charge in [0, 0.05) is 31.5 Å². The summed E-state index contributed by atoms with van der Waals surface area (Å²) in [7, 11) is 0. The Morgan fingerprint density at radius 2 is 2.12 bits per heavy atom. The second-order valence-corrected chi connectivity index (χ2v) is 9.38. The van der Waals surface area contributed by atoms with Crippen LogP contribution in [0, 0.1) is 0 Å². The molecule has 8 heteroatoms. The molecule has 1 fully saturated rings. The number of rotatable bonds is 6. The van der Waals surface area contributed by atoms with E-state index in [0.29, 0.717) is 18.9 Å². The van der Waals surface area contributed by atoms with E-state index in [0.717, 1.165) is 48.1 Å². The lowest BCUT2D eigenvalue weighted by molar-refractivity contribution is 0.0606. The van der Waals surface area contributed by atoms with E-state index in [-0.39, 0.29) is 16.8 Å². The van der Waals surface area contributed by atoms with E-state index in [1.807, 2.05) is 71.1 Å². The van der Waals surface area contributed by atoms with Crippen LogP contribution in [0.15, 0.2) is 54.9 Å². The number of pyridine rings is 1. The summed E-state index contributed by atoms with van der Waals surface area (Å²) in [6, 6.07) is 13.8. The first-order chi connectivity index (χ1) is 15.5. The molecule has 2 N–H and O–H groups in total. The Labute approximate surface area is 192 Å². The number of amides is 1. The van der Waals surface area contributed by atoms with Crippen LogP contribution in [0.4, 0.5) is 0 Å². The largest absolute Gasteiger partial charge is 0.334 e. The van der Waals surface area contributed by atoms with Crippen molar-refractivity contribution in [3.63, 3.8) is 0 Å². The van der Waals surface area contributed by atoms with Crippen LogP contribution in [0.2, 0.25) is 0 Å². The molecule has 1 saturated carbocycles. The highest BCUT2D eigenvalue weighted by Gasteiger charge is 2.37. The van der Waals surface area contributed by atoms with Crippen molar-refractivity contribution >= 4 is 35.2 Å². The van der Waals surface area contributed by atoms with Gasteiger partial charge in [-0.25, -0.2) is 9.97 Å². The zero-order valence-electron chi connectivity index (χ0n) is 18.2. The van der Waals surface area contributed by atoms with Gasteiger partial charge in [0.1, 0.15) is 5.65 Å². The molecule has 0 radical (unpaired) electrons. The molecule has 4 aromatic rings. The van der Waals surface area contributed by atoms with Crippen molar-refractivity contribution < 1.29 is 4.79 Å². The minimum atomic E-state index is -0.347. The van der Waals surface area contributed by atoms with Crippen molar-refractivity contribution in [2.45, 2.75) is 50.1 Å². The number of nitrogens with zero attached hydrogens (tertiary/aromatic N) is 4. The number of fused-ring (bicyclic) bond motifs is 2. The Balaban J connectivity index is 1.29. The van der Waals surface area contributed by atoms with Crippen molar-refractivity contribution in [1.82, 2.24) is 29.6 Å². The molecule has 7 nitrogen and oxygen atoms in total. The van der Waals surface area contributed by atoms with Gasteiger partial charge in [-0.05, 0) is 56.9 Å². The number of imidazole rings is 2. The number of hydrogen-bond donors (Lipinski definition) is 3. The molecular weight excluding hydrogens is 420 g/mol. The maximum atomic E-state index is 13.3. The molecule has 1 amide bonds. The van der Waals surface area contributed by atoms with Crippen LogP contribution in [0.5, 0.6) is 0 Å². The molecule has 5 rings (SSSR count). The van der Waals surface area contributed by atoms with Gasteiger partial charge in [0.05, 0.1) is 21.6 Å². The number of H-pyrrole nitrogens is 1. The summed E-state index contributed by atoms with van der Waals surface area (Å²) >= 11 is 5.03. The molecule has 0 aliphatic heterocycles. The zero-order valence-corrected chi connectivity index (χ0v) is 19.1. The van der Waals surface area contributed by atoms with E-state index in [4.69, 9.17) is 12.6 Å². The van der Waals surface area contributed by atoms with Crippen LogP contribution >= 0.6 is 12.6 Å². The fourth-order valence-electron chi connectivity index (χ4n) is 4.74. The predicted octanol–water partition coefficient (Wildman–Crippen LogP) is 4.03. The molecule has 0 bridgehead atoms. The smallest absolute Gasteiger partial charge is 0.289 e. The number of aromatic amines is 1. The van der Waals surface area contributed by atoms with Crippen LogP contribution in [-0.2, 0) is 6.54 Å². The first kappa shape index (κ1) is 21.0. The number of benzene rings is 1. The maximum absolute atomic E-state index is 13.3. The summed E-state index contributed by atoms with van der Waals surface area (Å²) in [6.07, 6.45) is 7.76. The summed E-state index contributed by atoms with van der Waals surface area (Å²) in [5, 5.41) is 3.61. The van der Waals surface area contributed by atoms with Crippen molar-refractivity contribution in [2.75, 3.05) is 6.54 Å². The van der Waals surface area contributed by atoms with Gasteiger partial charge in [-0.15, -0.1) is 0 Å². The first-order valence-corrected chi connectivity index (χ1v) is 11.6. The van der Waals surface area contributed by atoms with Crippen LogP contribution in [0.25, 0.3) is 16.7 Å². The van der Waals surface area contributed by atoms with E-state index in [2.05, 4.69) is 20.3 Å². The van der Waals surface area contributed by atoms with Gasteiger partial charge >= 0.3 is 0 Å². The summed E-state index contributed by atoms with van der Waals surface area (Å²) in [5.41, 5.74) is 3.62. The number of aromatic nitrogens is 4. The highest BCUT2D eigenvalue weighted by molar-refractivity contribution is 7.81. The van der Waals surface area contributed by atoms with E-state index in [1.165, 1.54) is 0 Å². The Morgan fingerprint density at radius 3 is 2.94 bits per heavy atom. The topological polar surface area (TPSA) is 78.3 Å². The van der Waals surface area contributed by atoms with Crippen molar-refractivity contribution in [2.24, 2.45) is 0 Å². The van der Waals surface area contributed by atoms with E-state index < -0.39 is 0 Å². The van der Waals surface area contributed by atoms with Gasteiger partial charge in [-0.2, -0.15) is 12.6 Å². The lowest BCUT2D eigenvalue weighted by Crippen LogP contribution is -2.51. The van der Waals surface area contributed by atoms with Crippen LogP contribution in [-0.4, -0.2) is 47.6 Å². The van der Waals surface area contributed by atoms with Crippen molar-refractivity contribution in [3.05, 3.63) is 66.4 Å². The average Bonchev–Trinajstić information content (AvgIpc) is 3.42. The third-order valence-corrected chi connectivity index (χ3v) is 6.91. The summed E-state index contributed by atoms with van der Waals surface area (Å²) in [6.45, 7) is 3.30. The quantitative estimate of drug-likeness (QED) is 0.307. The molecule has 3 aromatic heterocycles. The van der Waals surface area contributed by atoms with Gasteiger partial charge < -0.3 is 14.3 Å². The Morgan fingerprint density at radius 1 is 1.28 bits per heavy atom. The lowest BCUT2D eigenvalue weighted by atomic mass is 9.89.